The molecule has 3 N–H and O–H groups in total. The number of nitrogens with zero attached hydrogens (tertiary/aromatic N) is 1. The molecule has 0 unspecified atom stereocenters. The molecule has 48 heavy (non-hydrogen) atoms. The molecule has 7 nitrogen and oxygen atoms in total. The molecule has 2 aromatic carbocycles. The number of methoxy groups -OCH3 is 1. The quantitative estimate of drug-likeness (QED) is 0.216. The van der Waals surface area contributed by atoms with Crippen molar-refractivity contribution in [1.29, 1.82) is 0 Å². The predicted octanol–water partition coefficient (Wildman–Crippen LogP) is 6.27. The monoisotopic (exact) mass is 669 g/mol. The first-order valence-corrected chi connectivity index (χ1v) is 15.3. The minimum atomic E-state index is -0.521. The molecular formula is C39H57F2N3O4. The van der Waals surface area contributed by atoms with Crippen LogP contribution in [0.3, 0.4) is 0 Å². The van der Waals surface area contributed by atoms with Gasteiger partial charge in [-0.15, -0.1) is 51.4 Å². The van der Waals surface area contributed by atoms with E-state index in [1.54, 1.807) is 27.2 Å². The number of hydrogen-bond donors (Lipinski definition) is 3. The molecule has 1 aliphatic rings. The maximum atomic E-state index is 12.5. The molecule has 9 heteroatoms. The molecule has 0 radical (unpaired) electrons. The van der Waals surface area contributed by atoms with Crippen molar-refractivity contribution in [3.63, 3.8) is 0 Å². The number of aliphatic hydroxyl groups is 1. The number of benzene rings is 2. The van der Waals surface area contributed by atoms with Gasteiger partial charge in [-0.2, -0.15) is 0 Å². The summed E-state index contributed by atoms with van der Waals surface area (Å²) in [7, 11) is 3.25. The number of carbonyl (C=O) groups excluding carboxylic acids is 2. The maximum Gasteiger partial charge on any atom is 0.253 e. The molecule has 2 amide bonds. The van der Waals surface area contributed by atoms with Crippen LogP contribution in [0.2, 0.25) is 0 Å². The predicted molar refractivity (Wildman–Crippen MR) is 197 cm³/mol. The Kier molecular flexibility index (Phi) is 44.5. The molecule has 0 aromatic heterocycles. The van der Waals surface area contributed by atoms with E-state index in [9.17, 15) is 18.4 Å². The zero-order valence-electron chi connectivity index (χ0n) is 29.7. The van der Waals surface area contributed by atoms with Crippen LogP contribution in [0.1, 0.15) is 77.8 Å². The summed E-state index contributed by atoms with van der Waals surface area (Å²) in [4.78, 5) is 26.7. The van der Waals surface area contributed by atoms with Gasteiger partial charge in [-0.25, -0.2) is 8.78 Å². The van der Waals surface area contributed by atoms with Crippen LogP contribution in [-0.4, -0.2) is 75.4 Å². The number of amides is 2. The molecule has 3 rings (SSSR count). The third-order valence-corrected chi connectivity index (χ3v) is 5.45. The van der Waals surface area contributed by atoms with E-state index in [2.05, 4.69) is 73.7 Å². The third kappa shape index (κ3) is 30.0. The topological polar surface area (TPSA) is 90.9 Å². The second kappa shape index (κ2) is 40.4. The van der Waals surface area contributed by atoms with Gasteiger partial charge in [0.05, 0.1) is 0 Å². The van der Waals surface area contributed by atoms with Crippen molar-refractivity contribution in [1.82, 2.24) is 15.5 Å². The summed E-state index contributed by atoms with van der Waals surface area (Å²) in [6.07, 6.45) is 37.0. The SMILES string of the molecule is C#C.C#C.C#C.C#C.CCCNCCCNC(=O)c1cc(C)cc(C(=O)N2CCCC2)c1.CCCO.COC.Cc1cc(F)cc(F)c1. The Hall–Kier alpha value is -4.64. The number of likely N-dealkylation sites (tertiary alicyclic amines) is 1. The lowest BCUT2D eigenvalue weighted by atomic mass is 10.0. The summed E-state index contributed by atoms with van der Waals surface area (Å²) < 4.78 is 28.6. The largest absolute Gasteiger partial charge is 0.396 e. The van der Waals surface area contributed by atoms with E-state index in [0.29, 0.717) is 29.8 Å². The lowest BCUT2D eigenvalue weighted by Gasteiger charge is -2.16. The smallest absolute Gasteiger partial charge is 0.253 e. The normalized spacial score (nSPS) is 9.98. The van der Waals surface area contributed by atoms with Gasteiger partial charge in [0.1, 0.15) is 11.6 Å². The van der Waals surface area contributed by atoms with Gasteiger partial charge in [0, 0.05) is 57.7 Å². The highest BCUT2D eigenvalue weighted by atomic mass is 19.1. The number of ether oxygens (including phenoxy) is 1. The first-order valence-electron chi connectivity index (χ1n) is 15.3. The highest BCUT2D eigenvalue weighted by Gasteiger charge is 2.20. The van der Waals surface area contributed by atoms with Crippen LogP contribution >= 0.6 is 0 Å². The summed E-state index contributed by atoms with van der Waals surface area (Å²) in [5, 5.41) is 14.1. The summed E-state index contributed by atoms with van der Waals surface area (Å²) in [5.41, 5.74) is 2.73. The van der Waals surface area contributed by atoms with Crippen LogP contribution in [0.5, 0.6) is 0 Å². The number of rotatable bonds is 9. The van der Waals surface area contributed by atoms with Gasteiger partial charge in [-0.3, -0.25) is 9.59 Å². The summed E-state index contributed by atoms with van der Waals surface area (Å²) in [5.74, 6) is -1.11. The molecule has 0 atom stereocenters. The van der Waals surface area contributed by atoms with Crippen LogP contribution in [0.25, 0.3) is 0 Å². The van der Waals surface area contributed by atoms with Crippen LogP contribution in [0.4, 0.5) is 8.78 Å². The minimum absolute atomic E-state index is 0.0361. The first kappa shape index (κ1) is 52.9. The van der Waals surface area contributed by atoms with E-state index >= 15 is 0 Å². The minimum Gasteiger partial charge on any atom is -0.396 e. The van der Waals surface area contributed by atoms with Crippen molar-refractivity contribution >= 4 is 11.8 Å². The first-order chi connectivity index (χ1) is 23.1. The Morgan fingerprint density at radius 3 is 1.60 bits per heavy atom. The molecular weight excluding hydrogens is 612 g/mol. The molecule has 2 aromatic rings. The third-order valence-electron chi connectivity index (χ3n) is 5.45. The fourth-order valence-electron chi connectivity index (χ4n) is 3.65. The maximum absolute atomic E-state index is 12.5. The van der Waals surface area contributed by atoms with Crippen LogP contribution in [0, 0.1) is 76.9 Å². The molecule has 0 spiro atoms. The molecule has 1 fully saturated rings. The Morgan fingerprint density at radius 1 is 0.750 bits per heavy atom. The molecule has 0 aliphatic carbocycles. The van der Waals surface area contributed by atoms with Gasteiger partial charge in [0.2, 0.25) is 0 Å². The number of terminal acetylenes is 4. The van der Waals surface area contributed by atoms with Gasteiger partial charge in [-0.1, -0.05) is 13.8 Å². The highest BCUT2D eigenvalue weighted by molar-refractivity contribution is 6.00. The number of carbonyl (C=O) groups is 2. The molecule has 1 saturated heterocycles. The van der Waals surface area contributed by atoms with Crippen LogP contribution in [-0.2, 0) is 4.74 Å². The lowest BCUT2D eigenvalue weighted by Crippen LogP contribution is -2.29. The van der Waals surface area contributed by atoms with Crippen molar-refractivity contribution < 1.29 is 28.2 Å². The van der Waals surface area contributed by atoms with Gasteiger partial charge in [0.25, 0.3) is 11.8 Å². The van der Waals surface area contributed by atoms with E-state index in [-0.39, 0.29) is 11.8 Å². The van der Waals surface area contributed by atoms with E-state index in [1.165, 1.54) is 12.1 Å². The Morgan fingerprint density at radius 2 is 1.19 bits per heavy atom. The van der Waals surface area contributed by atoms with E-state index in [0.717, 1.165) is 69.9 Å². The average molecular weight is 670 g/mol. The fraction of sp³-hybridized carbons (Fsp3) is 0.436. The Labute approximate surface area is 290 Å². The molecule has 1 heterocycles. The molecule has 266 valence electrons. The van der Waals surface area contributed by atoms with Gasteiger partial charge >= 0.3 is 0 Å². The average Bonchev–Trinajstić information content (AvgIpc) is 3.65. The van der Waals surface area contributed by atoms with Crippen molar-refractivity contribution in [2.75, 3.05) is 53.6 Å². The highest BCUT2D eigenvalue weighted by Crippen LogP contribution is 2.16. The van der Waals surface area contributed by atoms with Crippen molar-refractivity contribution in [2.45, 2.75) is 59.8 Å². The van der Waals surface area contributed by atoms with Crippen LogP contribution < -0.4 is 10.6 Å². The van der Waals surface area contributed by atoms with E-state index < -0.39 is 11.6 Å². The molecule has 0 saturated carbocycles. The Balaban J connectivity index is -0.000000211. The summed E-state index contributed by atoms with van der Waals surface area (Å²) in [6, 6.07) is 8.84. The van der Waals surface area contributed by atoms with E-state index in [1.807, 2.05) is 30.9 Å². The lowest BCUT2D eigenvalue weighted by molar-refractivity contribution is 0.0792. The zero-order chi connectivity index (χ0) is 38.3. The van der Waals surface area contributed by atoms with Crippen molar-refractivity contribution in [2.24, 2.45) is 0 Å². The van der Waals surface area contributed by atoms with Gasteiger partial charge in [-0.05, 0) is 100 Å². The Bertz CT molecular complexity index is 1080. The standard InChI is InChI=1S/C19H29N3O2.C7H6F2.C3H8O.C2H6O.4C2H2/c1-3-7-20-8-6-9-21-18(23)16-12-15(2)13-17(14-16)19(24)22-10-4-5-11-22;1-5-2-6(8)4-7(9)3-5;1-2-3-4;1-3-2;4*1-2/h12-14,20H,3-11H2,1-2H3,(H,21,23);2-4H,1H3;4H,2-3H2,1H3;1-2H3;4*1-2H. The number of nitrogens with one attached hydrogen (secondary N) is 2. The van der Waals surface area contributed by atoms with Gasteiger partial charge < -0.3 is 25.4 Å². The van der Waals surface area contributed by atoms with E-state index in [4.69, 9.17) is 5.11 Å². The second-order valence-electron chi connectivity index (χ2n) is 9.53. The molecule has 1 aliphatic heterocycles. The number of aliphatic hydroxyl groups excluding tert-OH is 1. The zero-order valence-corrected chi connectivity index (χ0v) is 29.7. The molecule has 0 bridgehead atoms. The van der Waals surface area contributed by atoms with Crippen molar-refractivity contribution in [3.8, 4) is 51.4 Å². The fourth-order valence-corrected chi connectivity index (χ4v) is 3.65. The summed E-state index contributed by atoms with van der Waals surface area (Å²) in [6.45, 7) is 12.1. The number of aryl methyl sites for hydroxylation is 2. The number of hydrogen-bond acceptors (Lipinski definition) is 5. The van der Waals surface area contributed by atoms with Crippen molar-refractivity contribution in [3.05, 3.63) is 70.3 Å². The second-order valence-corrected chi connectivity index (χ2v) is 9.53. The van der Waals surface area contributed by atoms with Crippen LogP contribution in [0.15, 0.2) is 36.4 Å². The summed E-state index contributed by atoms with van der Waals surface area (Å²) >= 11 is 0. The van der Waals surface area contributed by atoms with Gasteiger partial charge in [0.15, 0.2) is 0 Å². The number of halogens is 2.